The van der Waals surface area contributed by atoms with Crippen molar-refractivity contribution in [2.24, 2.45) is 0 Å². The van der Waals surface area contributed by atoms with Crippen LogP contribution in [0.4, 0.5) is 10.5 Å². The summed E-state index contributed by atoms with van der Waals surface area (Å²) in [4.78, 5) is 28.8. The van der Waals surface area contributed by atoms with Gasteiger partial charge in [0.1, 0.15) is 16.3 Å². The summed E-state index contributed by atoms with van der Waals surface area (Å²) in [7, 11) is 0. The molecule has 2 rings (SSSR count). The number of amides is 1. The first-order valence-electron chi connectivity index (χ1n) is 7.29. The maximum absolute atomic E-state index is 11.8. The number of pyridine rings is 1. The molecule has 126 valence electrons. The van der Waals surface area contributed by atoms with Crippen molar-refractivity contribution in [3.05, 3.63) is 23.0 Å². The van der Waals surface area contributed by atoms with E-state index in [1.54, 1.807) is 20.8 Å². The molecule has 1 aromatic rings. The molecule has 1 aliphatic heterocycles. The van der Waals surface area contributed by atoms with E-state index < -0.39 is 17.7 Å². The van der Waals surface area contributed by atoms with Gasteiger partial charge in [0, 0.05) is 19.3 Å². The normalized spacial score (nSPS) is 17.9. The lowest BCUT2D eigenvalue weighted by Gasteiger charge is -2.23. The molecule has 0 saturated carbocycles. The lowest BCUT2D eigenvalue weighted by molar-refractivity contribution is 0.0508. The Morgan fingerprint density at radius 1 is 1.48 bits per heavy atom. The molecule has 1 aromatic heterocycles. The lowest BCUT2D eigenvalue weighted by Crippen LogP contribution is -2.40. The van der Waals surface area contributed by atoms with Crippen LogP contribution in [-0.4, -0.2) is 46.9 Å². The number of aromatic nitrogens is 1. The Kier molecular flexibility index (Phi) is 4.99. The summed E-state index contributed by atoms with van der Waals surface area (Å²) in [6, 6.07) is 1.42. The minimum absolute atomic E-state index is 0.0901. The number of ether oxygens (including phenoxy) is 1. The third-order valence-corrected chi connectivity index (χ3v) is 3.54. The van der Waals surface area contributed by atoms with E-state index in [9.17, 15) is 14.7 Å². The second-order valence-corrected chi connectivity index (χ2v) is 6.79. The van der Waals surface area contributed by atoms with Crippen LogP contribution in [0.3, 0.4) is 0 Å². The van der Waals surface area contributed by atoms with Gasteiger partial charge < -0.3 is 20.1 Å². The molecule has 2 N–H and O–H groups in total. The number of carboxylic acids is 1. The first-order chi connectivity index (χ1) is 10.7. The van der Waals surface area contributed by atoms with Crippen LogP contribution in [-0.2, 0) is 4.74 Å². The largest absolute Gasteiger partial charge is 0.478 e. The number of halogens is 1. The van der Waals surface area contributed by atoms with Gasteiger partial charge in [0.2, 0.25) is 0 Å². The van der Waals surface area contributed by atoms with Crippen LogP contribution < -0.4 is 10.2 Å². The summed E-state index contributed by atoms with van der Waals surface area (Å²) in [6.45, 7) is 6.49. The summed E-state index contributed by atoms with van der Waals surface area (Å²) >= 11 is 5.87. The van der Waals surface area contributed by atoms with Gasteiger partial charge in [-0.15, -0.1) is 0 Å². The number of alkyl carbamates (subject to hydrolysis) is 1. The highest BCUT2D eigenvalue weighted by Crippen LogP contribution is 2.27. The van der Waals surface area contributed by atoms with Gasteiger partial charge in [-0.05, 0) is 33.3 Å². The van der Waals surface area contributed by atoms with Crippen molar-refractivity contribution in [1.82, 2.24) is 10.3 Å². The minimum Gasteiger partial charge on any atom is -0.478 e. The third-order valence-electron chi connectivity index (χ3n) is 3.33. The molecule has 1 saturated heterocycles. The molecule has 0 bridgehead atoms. The monoisotopic (exact) mass is 341 g/mol. The van der Waals surface area contributed by atoms with E-state index in [1.165, 1.54) is 12.3 Å². The van der Waals surface area contributed by atoms with Crippen molar-refractivity contribution in [1.29, 1.82) is 0 Å². The molecule has 0 spiro atoms. The Morgan fingerprint density at radius 3 is 2.78 bits per heavy atom. The molecular weight excluding hydrogens is 322 g/mol. The second-order valence-electron chi connectivity index (χ2n) is 6.41. The standard InChI is InChI=1S/C15H20ClN3O4/c1-15(2,3)23-14(22)18-9-4-5-19(8-9)11-6-12(16)17-7-10(11)13(20)21/h6-7,9H,4-5,8H2,1-3H3,(H,18,22)(H,20,21). The summed E-state index contributed by atoms with van der Waals surface area (Å²) < 4.78 is 5.23. The first kappa shape index (κ1) is 17.3. The van der Waals surface area contributed by atoms with E-state index in [-0.39, 0.29) is 16.8 Å². The molecule has 1 fully saturated rings. The summed E-state index contributed by atoms with van der Waals surface area (Å²) in [6.07, 6.45) is 1.46. The van der Waals surface area contributed by atoms with Gasteiger partial charge in [0.05, 0.1) is 11.7 Å². The summed E-state index contributed by atoms with van der Waals surface area (Å²) in [5.41, 5.74) is 0.0376. The first-order valence-corrected chi connectivity index (χ1v) is 7.67. The number of nitrogens with one attached hydrogen (secondary N) is 1. The third kappa shape index (κ3) is 4.72. The molecule has 1 unspecified atom stereocenters. The molecule has 1 amide bonds. The molecule has 1 aliphatic rings. The van der Waals surface area contributed by atoms with Gasteiger partial charge in [-0.2, -0.15) is 0 Å². The SMILES string of the molecule is CC(C)(C)OC(=O)NC1CCN(c2cc(Cl)ncc2C(=O)O)C1. The number of aromatic carboxylic acids is 1. The van der Waals surface area contributed by atoms with Crippen LogP contribution in [0, 0.1) is 0 Å². The van der Waals surface area contributed by atoms with Gasteiger partial charge in [0.25, 0.3) is 0 Å². The van der Waals surface area contributed by atoms with Crippen LogP contribution in [0.25, 0.3) is 0 Å². The fourth-order valence-corrected chi connectivity index (χ4v) is 2.57. The highest BCUT2D eigenvalue weighted by molar-refractivity contribution is 6.29. The summed E-state index contributed by atoms with van der Waals surface area (Å²) in [5, 5.41) is 12.3. The van der Waals surface area contributed by atoms with Crippen molar-refractivity contribution in [3.63, 3.8) is 0 Å². The van der Waals surface area contributed by atoms with E-state index >= 15 is 0 Å². The number of carbonyl (C=O) groups is 2. The minimum atomic E-state index is -1.06. The molecule has 0 radical (unpaired) electrons. The van der Waals surface area contributed by atoms with Crippen molar-refractivity contribution >= 4 is 29.4 Å². The highest BCUT2D eigenvalue weighted by atomic mass is 35.5. The van der Waals surface area contributed by atoms with Crippen LogP contribution in [0.15, 0.2) is 12.3 Å². The Morgan fingerprint density at radius 2 is 2.17 bits per heavy atom. The maximum Gasteiger partial charge on any atom is 0.407 e. The van der Waals surface area contributed by atoms with Crippen molar-refractivity contribution in [3.8, 4) is 0 Å². The Balaban J connectivity index is 2.04. The molecular formula is C15H20ClN3O4. The number of rotatable bonds is 3. The van der Waals surface area contributed by atoms with Crippen molar-refractivity contribution in [2.75, 3.05) is 18.0 Å². The molecule has 8 heteroatoms. The van der Waals surface area contributed by atoms with Gasteiger partial charge in [-0.1, -0.05) is 11.6 Å². The number of anilines is 1. The zero-order chi connectivity index (χ0) is 17.2. The molecule has 23 heavy (non-hydrogen) atoms. The van der Waals surface area contributed by atoms with Gasteiger partial charge in [-0.3, -0.25) is 0 Å². The van der Waals surface area contributed by atoms with Gasteiger partial charge >= 0.3 is 12.1 Å². The average molecular weight is 342 g/mol. The number of nitrogens with zero attached hydrogens (tertiary/aromatic N) is 2. The zero-order valence-corrected chi connectivity index (χ0v) is 14.1. The number of hydrogen-bond donors (Lipinski definition) is 2. The van der Waals surface area contributed by atoms with Crippen molar-refractivity contribution < 1.29 is 19.4 Å². The Bertz CT molecular complexity index is 615. The van der Waals surface area contributed by atoms with E-state index in [1.807, 2.05) is 4.90 Å². The smallest absolute Gasteiger partial charge is 0.407 e. The van der Waals surface area contributed by atoms with Gasteiger partial charge in [0.15, 0.2) is 0 Å². The van der Waals surface area contributed by atoms with E-state index in [0.717, 1.165) is 0 Å². The molecule has 0 aromatic carbocycles. The van der Waals surface area contributed by atoms with Crippen LogP contribution >= 0.6 is 11.6 Å². The second kappa shape index (κ2) is 6.62. The highest BCUT2D eigenvalue weighted by Gasteiger charge is 2.28. The predicted molar refractivity (Wildman–Crippen MR) is 86.2 cm³/mol. The van der Waals surface area contributed by atoms with E-state index in [0.29, 0.717) is 25.2 Å². The number of carbonyl (C=O) groups excluding carboxylic acids is 1. The maximum atomic E-state index is 11.8. The topological polar surface area (TPSA) is 91.8 Å². The fourth-order valence-electron chi connectivity index (χ4n) is 2.42. The zero-order valence-electron chi connectivity index (χ0n) is 13.3. The van der Waals surface area contributed by atoms with Crippen molar-refractivity contribution in [2.45, 2.75) is 38.8 Å². The lowest BCUT2D eigenvalue weighted by atomic mass is 10.2. The van der Waals surface area contributed by atoms with Gasteiger partial charge in [-0.25, -0.2) is 14.6 Å². The average Bonchev–Trinajstić information content (AvgIpc) is 2.84. The number of hydrogen-bond acceptors (Lipinski definition) is 5. The molecule has 7 nitrogen and oxygen atoms in total. The number of carboxylic acid groups (broad SMARTS) is 1. The fraction of sp³-hybridized carbons (Fsp3) is 0.533. The quantitative estimate of drug-likeness (QED) is 0.821. The Labute approximate surface area is 139 Å². The van der Waals surface area contributed by atoms with E-state index in [4.69, 9.17) is 16.3 Å². The van der Waals surface area contributed by atoms with Crippen LogP contribution in [0.1, 0.15) is 37.6 Å². The van der Waals surface area contributed by atoms with E-state index in [2.05, 4.69) is 10.3 Å². The summed E-state index contributed by atoms with van der Waals surface area (Å²) in [5.74, 6) is -1.06. The Hall–Kier alpha value is -2.02. The molecule has 2 heterocycles. The molecule has 1 atom stereocenters. The van der Waals surface area contributed by atoms with Crippen LogP contribution in [0.5, 0.6) is 0 Å². The predicted octanol–water partition coefficient (Wildman–Crippen LogP) is 2.54. The molecule has 0 aliphatic carbocycles. The van der Waals surface area contributed by atoms with Crippen LogP contribution in [0.2, 0.25) is 5.15 Å².